The zero-order valence-corrected chi connectivity index (χ0v) is 22.5. The summed E-state index contributed by atoms with van der Waals surface area (Å²) in [5, 5.41) is 9.52. The van der Waals surface area contributed by atoms with Crippen LogP contribution in [0.15, 0.2) is 121 Å². The molecule has 0 fully saturated rings. The normalized spacial score (nSPS) is 10.7. The molecule has 5 rings (SSSR count). The van der Waals surface area contributed by atoms with Gasteiger partial charge >= 0.3 is 0 Å². The van der Waals surface area contributed by atoms with Gasteiger partial charge in [-0.15, -0.1) is 35.9 Å². The maximum absolute atomic E-state index is 10.0. The van der Waals surface area contributed by atoms with E-state index in [1.54, 1.807) is 0 Å². The van der Waals surface area contributed by atoms with E-state index in [4.69, 9.17) is 10.1 Å². The maximum Gasteiger partial charge on any atom is 0.155 e. The molecule has 0 aliphatic carbocycles. The number of hydrogen-bond donors (Lipinski definition) is 1. The molecule has 0 saturated heterocycles. The fourth-order valence-electron chi connectivity index (χ4n) is 4.03. The molecule has 0 aliphatic rings. The Labute approximate surface area is 225 Å². The van der Waals surface area contributed by atoms with Gasteiger partial charge in [0, 0.05) is 31.6 Å². The van der Waals surface area contributed by atoms with Crippen LogP contribution < -0.4 is 0 Å². The molecule has 0 saturated carbocycles. The van der Waals surface area contributed by atoms with Crippen LogP contribution in [-0.2, 0) is 24.9 Å². The number of nitrogens with zero attached hydrogens (tertiary/aromatic N) is 1. The number of para-hydroxylation sites is 1. The average molecular weight is 649 g/mol. The van der Waals surface area contributed by atoms with Crippen molar-refractivity contribution in [3.8, 4) is 33.5 Å². The predicted octanol–water partition coefficient (Wildman–Crippen LogP) is 8.07. The van der Waals surface area contributed by atoms with Gasteiger partial charge in [0.2, 0.25) is 0 Å². The molecular weight excluding hydrogens is 623 g/mol. The first kappa shape index (κ1) is 26.7. The van der Waals surface area contributed by atoms with Crippen LogP contribution in [0.5, 0.6) is 0 Å². The number of ketones is 1. The molecule has 1 aromatic heterocycles. The molecule has 0 amide bonds. The Morgan fingerprint density at radius 3 is 1.83 bits per heavy atom. The number of benzene rings is 4. The third-order valence-electron chi connectivity index (χ3n) is 5.39. The Balaban J connectivity index is 0.000000400. The number of fused-ring (bicyclic) bond motifs is 1. The average Bonchev–Trinajstić information content (AvgIpc) is 2.88. The van der Waals surface area contributed by atoms with Crippen LogP contribution >= 0.6 is 0 Å². The minimum absolute atomic E-state index is 0. The maximum atomic E-state index is 10.0. The summed E-state index contributed by atoms with van der Waals surface area (Å²) in [5.41, 5.74) is 7.67. The monoisotopic (exact) mass is 649 g/mol. The molecule has 1 radical (unpaired) electrons. The van der Waals surface area contributed by atoms with Gasteiger partial charge < -0.3 is 5.11 Å². The summed E-state index contributed by atoms with van der Waals surface area (Å²) < 4.78 is 0. The van der Waals surface area contributed by atoms with E-state index in [1.807, 2.05) is 24.3 Å². The molecule has 0 spiro atoms. The van der Waals surface area contributed by atoms with Crippen LogP contribution in [0.3, 0.4) is 0 Å². The quantitative estimate of drug-likeness (QED) is 0.122. The molecule has 0 atom stereocenters. The van der Waals surface area contributed by atoms with Crippen molar-refractivity contribution in [3.63, 3.8) is 0 Å². The summed E-state index contributed by atoms with van der Waals surface area (Å²) in [6, 6.07) is 40.9. The van der Waals surface area contributed by atoms with E-state index in [2.05, 4.69) is 91.0 Å². The van der Waals surface area contributed by atoms with Gasteiger partial charge in [-0.05, 0) is 47.9 Å². The van der Waals surface area contributed by atoms with E-state index in [1.165, 1.54) is 31.1 Å². The molecule has 5 aromatic rings. The number of aliphatic hydroxyl groups is 1. The summed E-state index contributed by atoms with van der Waals surface area (Å²) in [4.78, 5) is 15.1. The van der Waals surface area contributed by atoms with E-state index in [0.29, 0.717) is 0 Å². The van der Waals surface area contributed by atoms with E-state index in [-0.39, 0.29) is 31.6 Å². The molecule has 1 heterocycles. The van der Waals surface area contributed by atoms with Gasteiger partial charge in [0.1, 0.15) is 0 Å². The van der Waals surface area contributed by atoms with Gasteiger partial charge in [-0.25, -0.2) is 0 Å². The van der Waals surface area contributed by atoms with Crippen molar-refractivity contribution in [2.75, 3.05) is 0 Å². The van der Waals surface area contributed by atoms with Crippen molar-refractivity contribution in [2.45, 2.75) is 13.8 Å². The summed E-state index contributed by atoms with van der Waals surface area (Å²) in [5.74, 6) is -0.0625. The first-order chi connectivity index (χ1) is 17.0. The first-order valence-corrected chi connectivity index (χ1v) is 11.4. The summed E-state index contributed by atoms with van der Waals surface area (Å²) in [6.45, 7) is 2.85. The molecule has 1 N–H and O–H groups in total. The smallest absolute Gasteiger partial charge is 0.155 e. The van der Waals surface area contributed by atoms with Gasteiger partial charge in [0.15, 0.2) is 5.78 Å². The van der Waals surface area contributed by atoms with E-state index >= 15 is 0 Å². The Bertz CT molecular complexity index is 1460. The zero-order chi connectivity index (χ0) is 24.6. The van der Waals surface area contributed by atoms with Crippen molar-refractivity contribution < 1.29 is 30.0 Å². The van der Waals surface area contributed by atoms with Crippen molar-refractivity contribution >= 4 is 16.7 Å². The van der Waals surface area contributed by atoms with E-state index < -0.39 is 0 Å². The van der Waals surface area contributed by atoms with Gasteiger partial charge in [-0.3, -0.25) is 9.78 Å². The summed E-state index contributed by atoms with van der Waals surface area (Å²) in [7, 11) is 0. The molecular formula is C32H26IrNO2-. The van der Waals surface area contributed by atoms with E-state index in [9.17, 15) is 4.79 Å². The number of rotatable bonds is 4. The number of aromatic nitrogens is 1. The third-order valence-corrected chi connectivity index (χ3v) is 5.39. The number of hydrogen-bond acceptors (Lipinski definition) is 3. The van der Waals surface area contributed by atoms with Crippen LogP contribution in [-0.4, -0.2) is 15.9 Å². The second kappa shape index (κ2) is 12.7. The molecule has 0 aliphatic heterocycles. The number of pyridine rings is 1. The number of carbonyl (C=O) groups excluding carboxylic acids is 1. The molecule has 181 valence electrons. The molecule has 3 nitrogen and oxygen atoms in total. The second-order valence-corrected chi connectivity index (χ2v) is 8.13. The topological polar surface area (TPSA) is 50.2 Å². The van der Waals surface area contributed by atoms with E-state index in [0.717, 1.165) is 33.3 Å². The molecule has 0 unspecified atom stereocenters. The largest absolute Gasteiger partial charge is 0.512 e. The fourth-order valence-corrected chi connectivity index (χ4v) is 4.03. The first-order valence-electron chi connectivity index (χ1n) is 11.4. The van der Waals surface area contributed by atoms with Gasteiger partial charge in [-0.1, -0.05) is 78.9 Å². The predicted molar refractivity (Wildman–Crippen MR) is 144 cm³/mol. The summed E-state index contributed by atoms with van der Waals surface area (Å²) >= 11 is 0. The third kappa shape index (κ3) is 6.42. The van der Waals surface area contributed by atoms with Crippen LogP contribution in [0.4, 0.5) is 0 Å². The zero-order valence-electron chi connectivity index (χ0n) is 20.1. The Morgan fingerprint density at radius 2 is 1.31 bits per heavy atom. The van der Waals surface area contributed by atoms with Crippen molar-refractivity contribution in [2.24, 2.45) is 0 Å². The Hall–Kier alpha value is -3.85. The standard InChI is InChI=1S/C27H18N.C5H8O2.Ir/c1-4-12-20(13-5-1)25-23-18-10-11-19-24(23)28-27(22-16-8-3-9-17-22)26(25)21-14-6-2-7-15-21;1-4(6)3-5(2)7;/h1-16,18-19H;3,6H,1-2H3;/q-1;;/b;4-3-;. The minimum Gasteiger partial charge on any atom is -0.512 e. The van der Waals surface area contributed by atoms with Gasteiger partial charge in [0.05, 0.1) is 11.3 Å². The van der Waals surface area contributed by atoms with Gasteiger partial charge in [-0.2, -0.15) is 0 Å². The van der Waals surface area contributed by atoms with Crippen molar-refractivity contribution in [1.82, 2.24) is 4.98 Å². The second-order valence-electron chi connectivity index (χ2n) is 8.13. The molecule has 4 aromatic carbocycles. The number of carbonyl (C=O) groups is 1. The number of aliphatic hydroxyl groups excluding tert-OH is 1. The van der Waals surface area contributed by atoms with Crippen LogP contribution in [0.2, 0.25) is 0 Å². The Kier molecular flexibility index (Phi) is 9.46. The van der Waals surface area contributed by atoms with Crippen molar-refractivity contribution in [1.29, 1.82) is 0 Å². The van der Waals surface area contributed by atoms with Crippen LogP contribution in [0, 0.1) is 6.07 Å². The van der Waals surface area contributed by atoms with Crippen LogP contribution in [0.1, 0.15) is 13.8 Å². The van der Waals surface area contributed by atoms with Crippen LogP contribution in [0.25, 0.3) is 44.4 Å². The molecule has 36 heavy (non-hydrogen) atoms. The summed E-state index contributed by atoms with van der Waals surface area (Å²) in [6.07, 6.45) is 1.17. The SMILES string of the molecule is CC(=O)/C=C(/C)O.[Ir].[c-]1ccccc1-c1nc2ccccc2c(-c2ccccc2)c1-c1ccccc1. The molecule has 0 bridgehead atoms. The Morgan fingerprint density at radius 1 is 0.750 bits per heavy atom. The molecule has 4 heteroatoms. The van der Waals surface area contributed by atoms with Gasteiger partial charge in [0.25, 0.3) is 0 Å². The minimum atomic E-state index is -0.125. The fraction of sp³-hybridized carbons (Fsp3) is 0.0625. The number of allylic oxidation sites excluding steroid dienone is 2. The van der Waals surface area contributed by atoms with Crippen molar-refractivity contribution in [3.05, 3.63) is 127 Å².